The number of hydrogen-bond acceptors (Lipinski definition) is 7. The number of carboxylic acids is 1. The van der Waals surface area contributed by atoms with Gasteiger partial charge in [-0.15, -0.1) is 0 Å². The van der Waals surface area contributed by atoms with Crippen molar-refractivity contribution < 1.29 is 33.8 Å². The van der Waals surface area contributed by atoms with Crippen molar-refractivity contribution in [3.63, 3.8) is 0 Å². The number of hydrogen-bond donors (Lipinski definition) is 3. The van der Waals surface area contributed by atoms with Gasteiger partial charge < -0.3 is 15.2 Å². The van der Waals surface area contributed by atoms with E-state index in [1.54, 1.807) is 54.4 Å². The Hall–Kier alpha value is -4.49. The molecule has 0 saturated carbocycles. The van der Waals surface area contributed by atoms with Crippen molar-refractivity contribution in [2.45, 2.75) is 44.8 Å². The standard InChI is InChI=1S/C28H29N3O7/c1-31(23-11-13-26(34)30-28(23)37)17-22-15-19(8-9-21(22)18-32)16-29-25(33)12-10-20-5-2-3-6-24(20)38-14-4-7-27(35)36/h2-3,5-6,8-9,15,18,23H,4,7,11,13-14,16-17H2,1H3,(H,29,33)(H,35,36)(H,30,34,37). The number of nitrogens with zero attached hydrogens (tertiary/aromatic N) is 1. The number of aldehydes is 1. The number of piperidine rings is 1. The van der Waals surface area contributed by atoms with E-state index < -0.39 is 17.9 Å². The number of carbonyl (C=O) groups is 5. The van der Waals surface area contributed by atoms with Gasteiger partial charge in [0.05, 0.1) is 18.2 Å². The summed E-state index contributed by atoms with van der Waals surface area (Å²) in [6.45, 7) is 0.704. The number of amides is 3. The molecule has 1 aliphatic heterocycles. The molecule has 0 spiro atoms. The minimum atomic E-state index is -0.896. The molecular formula is C28H29N3O7. The highest BCUT2D eigenvalue weighted by molar-refractivity contribution is 6.00. The highest BCUT2D eigenvalue weighted by atomic mass is 16.5. The summed E-state index contributed by atoms with van der Waals surface area (Å²) >= 11 is 0. The lowest BCUT2D eigenvalue weighted by molar-refractivity contribution is -0.138. The number of nitrogens with one attached hydrogen (secondary N) is 2. The normalized spacial score (nSPS) is 14.7. The molecule has 3 N–H and O–H groups in total. The molecule has 1 aliphatic rings. The number of benzene rings is 2. The lowest BCUT2D eigenvalue weighted by Crippen LogP contribution is -2.51. The second-order valence-electron chi connectivity index (χ2n) is 8.81. The molecule has 3 rings (SSSR count). The van der Waals surface area contributed by atoms with Crippen molar-refractivity contribution >= 4 is 30.0 Å². The fraction of sp³-hybridized carbons (Fsp3) is 0.321. The van der Waals surface area contributed by atoms with Crippen LogP contribution in [0.15, 0.2) is 42.5 Å². The zero-order chi connectivity index (χ0) is 27.5. The molecule has 2 aromatic rings. The Morgan fingerprint density at radius 3 is 2.76 bits per heavy atom. The van der Waals surface area contributed by atoms with Crippen LogP contribution in [0, 0.1) is 11.8 Å². The van der Waals surface area contributed by atoms with Gasteiger partial charge in [-0.05, 0) is 43.1 Å². The Morgan fingerprint density at radius 2 is 2.03 bits per heavy atom. The number of para-hydroxylation sites is 1. The first-order chi connectivity index (χ1) is 18.3. The van der Waals surface area contributed by atoms with Gasteiger partial charge in [0.1, 0.15) is 12.0 Å². The third-order valence-corrected chi connectivity index (χ3v) is 5.94. The van der Waals surface area contributed by atoms with Crippen LogP contribution in [0.25, 0.3) is 0 Å². The van der Waals surface area contributed by atoms with Crippen LogP contribution in [0.5, 0.6) is 5.75 Å². The van der Waals surface area contributed by atoms with Gasteiger partial charge in [-0.2, -0.15) is 0 Å². The molecule has 10 nitrogen and oxygen atoms in total. The molecule has 1 unspecified atom stereocenters. The maximum atomic E-state index is 12.4. The average molecular weight is 520 g/mol. The second kappa shape index (κ2) is 13.7. The van der Waals surface area contributed by atoms with Gasteiger partial charge in [0.2, 0.25) is 11.8 Å². The van der Waals surface area contributed by atoms with Crippen LogP contribution in [0.4, 0.5) is 0 Å². The van der Waals surface area contributed by atoms with E-state index in [-0.39, 0.29) is 37.8 Å². The summed E-state index contributed by atoms with van der Waals surface area (Å²) in [5.74, 6) is 3.72. The molecule has 0 aromatic heterocycles. The van der Waals surface area contributed by atoms with E-state index >= 15 is 0 Å². The molecule has 1 atom stereocenters. The minimum Gasteiger partial charge on any atom is -0.492 e. The summed E-state index contributed by atoms with van der Waals surface area (Å²) in [5, 5.41) is 13.8. The predicted molar refractivity (Wildman–Crippen MR) is 137 cm³/mol. The quantitative estimate of drug-likeness (QED) is 0.176. The van der Waals surface area contributed by atoms with E-state index in [2.05, 4.69) is 22.5 Å². The molecule has 198 valence electrons. The SMILES string of the molecule is CN(Cc1cc(CNC(=O)C#Cc2ccccc2OCCCC(=O)O)ccc1C=O)C1CCC(=O)NC1=O. The number of carbonyl (C=O) groups excluding carboxylic acids is 4. The third-order valence-electron chi connectivity index (χ3n) is 5.94. The maximum Gasteiger partial charge on any atom is 0.303 e. The summed E-state index contributed by atoms with van der Waals surface area (Å²) in [6, 6.07) is 11.6. The van der Waals surface area contributed by atoms with Gasteiger partial charge in [0, 0.05) is 37.4 Å². The molecule has 1 fully saturated rings. The van der Waals surface area contributed by atoms with Gasteiger partial charge in [0.15, 0.2) is 0 Å². The van der Waals surface area contributed by atoms with Gasteiger partial charge in [-0.1, -0.05) is 36.3 Å². The van der Waals surface area contributed by atoms with Gasteiger partial charge in [-0.3, -0.25) is 34.2 Å². The number of rotatable bonds is 11. The van der Waals surface area contributed by atoms with Crippen LogP contribution < -0.4 is 15.4 Å². The van der Waals surface area contributed by atoms with Crippen LogP contribution in [0.3, 0.4) is 0 Å². The van der Waals surface area contributed by atoms with Gasteiger partial charge in [-0.25, -0.2) is 0 Å². The van der Waals surface area contributed by atoms with Crippen LogP contribution in [-0.2, 0) is 32.3 Å². The van der Waals surface area contributed by atoms with E-state index in [1.165, 1.54) is 0 Å². The number of ether oxygens (including phenoxy) is 1. The van der Waals surface area contributed by atoms with Crippen LogP contribution in [0.2, 0.25) is 0 Å². The van der Waals surface area contributed by atoms with Gasteiger partial charge >= 0.3 is 5.97 Å². The van der Waals surface area contributed by atoms with Crippen molar-refractivity contribution in [1.82, 2.24) is 15.5 Å². The summed E-state index contributed by atoms with van der Waals surface area (Å²) in [7, 11) is 1.76. The van der Waals surface area contributed by atoms with Gasteiger partial charge in [0.25, 0.3) is 5.91 Å². The second-order valence-corrected chi connectivity index (χ2v) is 8.81. The fourth-order valence-corrected chi connectivity index (χ4v) is 3.95. The Bertz CT molecular complexity index is 1280. The smallest absolute Gasteiger partial charge is 0.303 e. The largest absolute Gasteiger partial charge is 0.492 e. The molecule has 3 amide bonds. The van der Waals surface area contributed by atoms with Crippen molar-refractivity contribution in [1.29, 1.82) is 0 Å². The molecular weight excluding hydrogens is 490 g/mol. The number of likely N-dealkylation sites (N-methyl/N-ethyl adjacent to an activating group) is 1. The molecule has 1 heterocycles. The molecule has 2 aromatic carbocycles. The zero-order valence-corrected chi connectivity index (χ0v) is 21.0. The number of aliphatic carboxylic acids is 1. The summed E-state index contributed by atoms with van der Waals surface area (Å²) in [4.78, 5) is 60.0. The first-order valence-electron chi connectivity index (χ1n) is 12.1. The average Bonchev–Trinajstić information content (AvgIpc) is 2.89. The minimum absolute atomic E-state index is 0.000990. The first kappa shape index (κ1) is 28.1. The maximum absolute atomic E-state index is 12.4. The molecule has 0 bridgehead atoms. The highest BCUT2D eigenvalue weighted by Gasteiger charge is 2.30. The lowest BCUT2D eigenvalue weighted by Gasteiger charge is -2.30. The zero-order valence-electron chi connectivity index (χ0n) is 21.0. The summed E-state index contributed by atoms with van der Waals surface area (Å²) in [6.07, 6.45) is 1.76. The van der Waals surface area contributed by atoms with E-state index in [0.29, 0.717) is 41.8 Å². The van der Waals surface area contributed by atoms with Crippen molar-refractivity contribution in [2.75, 3.05) is 13.7 Å². The Labute approximate surface area is 220 Å². The molecule has 1 saturated heterocycles. The van der Waals surface area contributed by atoms with Crippen LogP contribution in [0.1, 0.15) is 52.7 Å². The van der Waals surface area contributed by atoms with Crippen molar-refractivity contribution in [2.24, 2.45) is 0 Å². The Balaban J connectivity index is 1.60. The Kier molecular flexibility index (Phi) is 10.1. The highest BCUT2D eigenvalue weighted by Crippen LogP contribution is 2.18. The fourth-order valence-electron chi connectivity index (χ4n) is 3.95. The molecule has 0 aliphatic carbocycles. The first-order valence-corrected chi connectivity index (χ1v) is 12.1. The summed E-state index contributed by atoms with van der Waals surface area (Å²) < 4.78 is 5.60. The molecule has 38 heavy (non-hydrogen) atoms. The van der Waals surface area contributed by atoms with Crippen molar-refractivity contribution in [3.05, 3.63) is 64.7 Å². The number of imide groups is 1. The number of carboxylic acid groups (broad SMARTS) is 1. The van der Waals surface area contributed by atoms with E-state index in [0.717, 1.165) is 11.8 Å². The Morgan fingerprint density at radius 1 is 1.24 bits per heavy atom. The van der Waals surface area contributed by atoms with E-state index in [1.807, 2.05) is 0 Å². The molecule has 10 heteroatoms. The van der Waals surface area contributed by atoms with Crippen LogP contribution in [-0.4, -0.2) is 59.7 Å². The summed E-state index contributed by atoms with van der Waals surface area (Å²) in [5.41, 5.74) is 2.42. The predicted octanol–water partition coefficient (Wildman–Crippen LogP) is 1.65. The molecule has 0 radical (unpaired) electrons. The topological polar surface area (TPSA) is 142 Å². The van der Waals surface area contributed by atoms with Crippen LogP contribution >= 0.6 is 0 Å². The van der Waals surface area contributed by atoms with E-state index in [9.17, 15) is 24.0 Å². The third kappa shape index (κ3) is 8.28. The van der Waals surface area contributed by atoms with E-state index in [4.69, 9.17) is 9.84 Å². The van der Waals surface area contributed by atoms with Crippen molar-refractivity contribution in [3.8, 4) is 17.6 Å². The monoisotopic (exact) mass is 519 g/mol. The lowest BCUT2D eigenvalue weighted by atomic mass is 10.0.